The zero-order chi connectivity index (χ0) is 29.5. The van der Waals surface area contributed by atoms with E-state index in [9.17, 15) is 14.4 Å². The van der Waals surface area contributed by atoms with Crippen LogP contribution in [0.4, 0.5) is 0 Å². The van der Waals surface area contributed by atoms with Crippen LogP contribution in [0.5, 0.6) is 11.5 Å². The molecule has 2 aliphatic heterocycles. The number of imide groups is 1. The van der Waals surface area contributed by atoms with Gasteiger partial charge in [-0.2, -0.15) is 0 Å². The number of para-hydroxylation sites is 1. The first-order valence-corrected chi connectivity index (χ1v) is 15.3. The van der Waals surface area contributed by atoms with Crippen LogP contribution in [0.1, 0.15) is 38.8 Å². The van der Waals surface area contributed by atoms with Crippen molar-refractivity contribution < 1.29 is 19.1 Å². The third-order valence-electron chi connectivity index (χ3n) is 7.35. The van der Waals surface area contributed by atoms with Gasteiger partial charge in [-0.25, -0.2) is 0 Å². The highest BCUT2D eigenvalue weighted by Gasteiger charge is 2.41. The van der Waals surface area contributed by atoms with Crippen molar-refractivity contribution in [1.82, 2.24) is 15.1 Å². The Labute approximate surface area is 256 Å². The fourth-order valence-corrected chi connectivity index (χ4v) is 6.92. The maximum absolute atomic E-state index is 13.5. The van der Waals surface area contributed by atoms with Gasteiger partial charge in [-0.3, -0.25) is 19.3 Å². The monoisotopic (exact) mass is 601 g/mol. The van der Waals surface area contributed by atoms with E-state index >= 15 is 0 Å². The Morgan fingerprint density at radius 3 is 2.26 bits per heavy atom. The summed E-state index contributed by atoms with van der Waals surface area (Å²) in [6.07, 6.45) is 0.524. The van der Waals surface area contributed by atoms with Crippen LogP contribution in [0.25, 0.3) is 11.3 Å². The summed E-state index contributed by atoms with van der Waals surface area (Å²) < 4.78 is 6.08. The number of fused-ring (bicyclic) bond motifs is 3. The minimum atomic E-state index is -0.982. The highest BCUT2D eigenvalue weighted by Crippen LogP contribution is 2.47. The Hall–Kier alpha value is -4.73. The minimum absolute atomic E-state index is 0.308. The number of carbonyl (C=O) groups is 3. The largest absolute Gasteiger partial charge is 0.455 e. The third-order valence-corrected chi connectivity index (χ3v) is 9.53. The molecule has 1 aromatic heterocycles. The molecule has 7 nitrogen and oxygen atoms in total. The summed E-state index contributed by atoms with van der Waals surface area (Å²) in [4.78, 5) is 42.5. The number of ether oxygens (including phenoxy) is 1. The summed E-state index contributed by atoms with van der Waals surface area (Å²) in [6, 6.07) is 31.3. The molecule has 4 aromatic carbocycles. The number of aromatic nitrogens is 2. The van der Waals surface area contributed by atoms with Crippen molar-refractivity contribution in [1.29, 1.82) is 0 Å². The van der Waals surface area contributed by atoms with Gasteiger partial charge < -0.3 is 4.74 Å². The van der Waals surface area contributed by atoms with Crippen molar-refractivity contribution in [2.45, 2.75) is 34.2 Å². The van der Waals surface area contributed by atoms with Gasteiger partial charge in [-0.15, -0.1) is 10.2 Å². The van der Waals surface area contributed by atoms with E-state index in [1.165, 1.54) is 0 Å². The van der Waals surface area contributed by atoms with Crippen molar-refractivity contribution in [2.75, 3.05) is 0 Å². The molecule has 1 atom stereocenters. The maximum atomic E-state index is 13.5. The lowest BCUT2D eigenvalue weighted by molar-refractivity contribution is -0.114. The van der Waals surface area contributed by atoms with Crippen LogP contribution in [-0.2, 0) is 11.2 Å². The van der Waals surface area contributed by atoms with E-state index in [-0.39, 0.29) is 5.12 Å². The Kier molecular flexibility index (Phi) is 7.04. The summed E-state index contributed by atoms with van der Waals surface area (Å²) in [5, 5.41) is 9.05. The molecule has 0 saturated heterocycles. The minimum Gasteiger partial charge on any atom is -0.455 e. The standard InChI is InChI=1S/C34H23N3O4S2/c1-20(37-32(38)24-11-5-6-12-25(24)33(37)39)34(40)43-31-23(17-21-9-3-2-4-10-21)18-26(35-36-31)22-15-16-28-30(19-22)42-29-14-8-7-13-27(29)41-28/h2-16,18-20H,17H2,1H3. The average molecular weight is 602 g/mol. The Morgan fingerprint density at radius 1 is 0.814 bits per heavy atom. The third kappa shape index (κ3) is 5.11. The van der Waals surface area contributed by atoms with Gasteiger partial charge in [-0.1, -0.05) is 66.4 Å². The lowest BCUT2D eigenvalue weighted by Crippen LogP contribution is -2.42. The second-order valence-corrected chi connectivity index (χ2v) is 12.2. The van der Waals surface area contributed by atoms with Crippen molar-refractivity contribution in [3.8, 4) is 22.8 Å². The topological polar surface area (TPSA) is 89.5 Å². The molecule has 2 amide bonds. The van der Waals surface area contributed by atoms with Gasteiger partial charge in [0.05, 0.1) is 26.6 Å². The van der Waals surface area contributed by atoms with Crippen LogP contribution in [0.2, 0.25) is 0 Å². The zero-order valence-electron chi connectivity index (χ0n) is 22.9. The molecule has 1 unspecified atom stereocenters. The number of hydrogen-bond donors (Lipinski definition) is 0. The fourth-order valence-electron chi connectivity index (χ4n) is 5.12. The number of thioether (sulfide) groups is 1. The normalized spacial score (nSPS) is 14.0. The van der Waals surface area contributed by atoms with E-state index in [1.807, 2.05) is 78.9 Å². The number of carbonyl (C=O) groups excluding carboxylic acids is 3. The highest BCUT2D eigenvalue weighted by atomic mass is 32.2. The van der Waals surface area contributed by atoms with Crippen LogP contribution < -0.4 is 4.74 Å². The summed E-state index contributed by atoms with van der Waals surface area (Å²) in [6.45, 7) is 1.57. The van der Waals surface area contributed by atoms with Gasteiger partial charge in [0.1, 0.15) is 22.6 Å². The van der Waals surface area contributed by atoms with E-state index in [4.69, 9.17) is 4.74 Å². The molecule has 2 aliphatic rings. The quantitative estimate of drug-likeness (QED) is 0.145. The summed E-state index contributed by atoms with van der Waals surface area (Å²) in [5.41, 5.74) is 4.02. The smallest absolute Gasteiger partial charge is 0.262 e. The van der Waals surface area contributed by atoms with Crippen molar-refractivity contribution in [3.05, 3.63) is 125 Å². The van der Waals surface area contributed by atoms with Crippen LogP contribution in [0.15, 0.2) is 118 Å². The van der Waals surface area contributed by atoms with Gasteiger partial charge in [0.2, 0.25) is 5.12 Å². The van der Waals surface area contributed by atoms with E-state index in [1.54, 1.807) is 43.0 Å². The lowest BCUT2D eigenvalue weighted by atomic mass is 10.0. The summed E-state index contributed by atoms with van der Waals surface area (Å²) >= 11 is 2.54. The summed E-state index contributed by atoms with van der Waals surface area (Å²) in [7, 11) is 0. The predicted molar refractivity (Wildman–Crippen MR) is 165 cm³/mol. The van der Waals surface area contributed by atoms with Crippen molar-refractivity contribution in [2.24, 2.45) is 0 Å². The molecular weight excluding hydrogens is 579 g/mol. The molecule has 7 rings (SSSR count). The van der Waals surface area contributed by atoms with Crippen molar-refractivity contribution in [3.63, 3.8) is 0 Å². The first-order chi connectivity index (χ1) is 21.0. The molecule has 0 N–H and O–H groups in total. The molecule has 210 valence electrons. The van der Waals surface area contributed by atoms with Crippen LogP contribution in [0.3, 0.4) is 0 Å². The lowest BCUT2D eigenvalue weighted by Gasteiger charge is -2.21. The molecule has 0 fully saturated rings. The average Bonchev–Trinajstić information content (AvgIpc) is 3.29. The molecule has 0 saturated carbocycles. The van der Waals surface area contributed by atoms with Gasteiger partial charge in [0, 0.05) is 12.0 Å². The van der Waals surface area contributed by atoms with E-state index in [0.717, 1.165) is 54.6 Å². The van der Waals surface area contributed by atoms with Gasteiger partial charge in [-0.05, 0) is 78.3 Å². The number of amides is 2. The molecule has 3 heterocycles. The molecule has 0 aliphatic carbocycles. The fraction of sp³-hybridized carbons (Fsp3) is 0.0882. The van der Waals surface area contributed by atoms with E-state index < -0.39 is 17.9 Å². The molecule has 9 heteroatoms. The molecular formula is C34H23N3O4S2. The van der Waals surface area contributed by atoms with Gasteiger partial charge in [0.25, 0.3) is 11.8 Å². The SMILES string of the molecule is CC(C(=O)Sc1nnc(-c2ccc3c(c2)Sc2ccccc2O3)cc1Cc1ccccc1)N1C(=O)c2ccccc2C1=O. The van der Waals surface area contributed by atoms with Crippen LogP contribution in [0, 0.1) is 0 Å². The van der Waals surface area contributed by atoms with Crippen LogP contribution in [-0.4, -0.2) is 38.1 Å². The van der Waals surface area contributed by atoms with Crippen molar-refractivity contribution >= 4 is 40.5 Å². The number of rotatable bonds is 6. The predicted octanol–water partition coefficient (Wildman–Crippen LogP) is 7.29. The first-order valence-electron chi connectivity index (χ1n) is 13.6. The number of benzene rings is 4. The Morgan fingerprint density at radius 2 is 1.49 bits per heavy atom. The maximum Gasteiger partial charge on any atom is 0.262 e. The summed E-state index contributed by atoms with van der Waals surface area (Å²) in [5.74, 6) is 0.679. The zero-order valence-corrected chi connectivity index (χ0v) is 24.5. The Balaban J connectivity index is 1.18. The molecule has 43 heavy (non-hydrogen) atoms. The first kappa shape index (κ1) is 27.1. The Bertz CT molecular complexity index is 1890. The second-order valence-electron chi connectivity index (χ2n) is 10.2. The van der Waals surface area contributed by atoms with Gasteiger partial charge in [0.15, 0.2) is 0 Å². The number of hydrogen-bond acceptors (Lipinski definition) is 8. The van der Waals surface area contributed by atoms with Gasteiger partial charge >= 0.3 is 0 Å². The van der Waals surface area contributed by atoms with E-state index in [2.05, 4.69) is 10.2 Å². The number of nitrogens with zero attached hydrogens (tertiary/aromatic N) is 3. The molecule has 0 spiro atoms. The molecule has 0 bridgehead atoms. The van der Waals surface area contributed by atoms with E-state index in [0.29, 0.717) is 28.3 Å². The van der Waals surface area contributed by atoms with Crippen LogP contribution >= 0.6 is 23.5 Å². The molecule has 5 aromatic rings. The second kappa shape index (κ2) is 11.2. The molecule has 0 radical (unpaired) electrons. The highest BCUT2D eigenvalue weighted by molar-refractivity contribution is 8.13.